The maximum Gasteiger partial charge on any atom is 0.356 e. The number of benzene rings is 3. The van der Waals surface area contributed by atoms with Gasteiger partial charge >= 0.3 is 5.97 Å². The molecule has 1 aliphatic rings. The van der Waals surface area contributed by atoms with Crippen molar-refractivity contribution in [3.05, 3.63) is 111 Å². The van der Waals surface area contributed by atoms with Crippen molar-refractivity contribution in [1.29, 1.82) is 0 Å². The summed E-state index contributed by atoms with van der Waals surface area (Å²) in [5, 5.41) is 3.07. The predicted molar refractivity (Wildman–Crippen MR) is 126 cm³/mol. The molecule has 8 heteroatoms. The van der Waals surface area contributed by atoms with Crippen molar-refractivity contribution >= 4 is 41.4 Å². The second-order valence-corrected chi connectivity index (χ2v) is 8.01. The fourth-order valence-corrected chi connectivity index (χ4v) is 3.45. The first-order chi connectivity index (χ1) is 16.3. The van der Waals surface area contributed by atoms with Gasteiger partial charge in [0.25, 0.3) is 17.7 Å². The van der Waals surface area contributed by atoms with E-state index in [9.17, 15) is 19.2 Å². The summed E-state index contributed by atoms with van der Waals surface area (Å²) in [7, 11) is 0. The SMILES string of the molecule is Cc1ccc(C(=O)N/C(=C/c2ccc(Cl)cc2)C(=O)OCN2C(=O)c3ccccc3C2=O)cc1. The van der Waals surface area contributed by atoms with Gasteiger partial charge in [-0.2, -0.15) is 0 Å². The van der Waals surface area contributed by atoms with Gasteiger partial charge in [0, 0.05) is 10.6 Å². The van der Waals surface area contributed by atoms with Crippen LogP contribution in [-0.4, -0.2) is 35.3 Å². The van der Waals surface area contributed by atoms with Crippen molar-refractivity contribution in [2.24, 2.45) is 0 Å². The molecule has 7 nitrogen and oxygen atoms in total. The molecule has 4 rings (SSSR count). The van der Waals surface area contributed by atoms with Crippen molar-refractivity contribution in [2.45, 2.75) is 6.92 Å². The smallest absolute Gasteiger partial charge is 0.356 e. The van der Waals surface area contributed by atoms with Crippen LogP contribution in [0.15, 0.2) is 78.5 Å². The number of esters is 1. The molecule has 0 radical (unpaired) electrons. The van der Waals surface area contributed by atoms with E-state index in [1.54, 1.807) is 60.7 Å². The number of carbonyl (C=O) groups is 4. The Balaban J connectivity index is 1.53. The largest absolute Gasteiger partial charge is 0.439 e. The highest BCUT2D eigenvalue weighted by Crippen LogP contribution is 2.22. The van der Waals surface area contributed by atoms with Gasteiger partial charge in [-0.25, -0.2) is 9.69 Å². The summed E-state index contributed by atoms with van der Waals surface area (Å²) in [5.74, 6) is -2.54. The van der Waals surface area contributed by atoms with Crippen molar-refractivity contribution in [1.82, 2.24) is 10.2 Å². The standard InChI is InChI=1S/C26H19ClN2O5/c1-16-6-10-18(11-7-16)23(30)28-22(14-17-8-12-19(27)13-9-17)26(33)34-15-29-24(31)20-4-2-3-5-21(20)25(29)32/h2-14H,15H2,1H3,(H,28,30)/b22-14+. The number of rotatable bonds is 6. The Bertz CT molecular complexity index is 1280. The number of fused-ring (bicyclic) bond motifs is 1. The fourth-order valence-electron chi connectivity index (χ4n) is 3.33. The highest BCUT2D eigenvalue weighted by Gasteiger charge is 2.36. The number of halogens is 1. The van der Waals surface area contributed by atoms with Gasteiger partial charge < -0.3 is 10.1 Å². The van der Waals surface area contributed by atoms with E-state index in [4.69, 9.17) is 16.3 Å². The topological polar surface area (TPSA) is 92.8 Å². The summed E-state index contributed by atoms with van der Waals surface area (Å²) in [6, 6.07) is 19.8. The summed E-state index contributed by atoms with van der Waals surface area (Å²) in [6.07, 6.45) is 1.42. The van der Waals surface area contributed by atoms with Gasteiger partial charge in [-0.1, -0.05) is 53.6 Å². The third-order valence-corrected chi connectivity index (χ3v) is 5.42. The summed E-state index contributed by atoms with van der Waals surface area (Å²) < 4.78 is 5.25. The molecule has 0 aromatic heterocycles. The quantitative estimate of drug-likeness (QED) is 0.328. The lowest BCUT2D eigenvalue weighted by Crippen LogP contribution is -2.35. The fraction of sp³-hybridized carbons (Fsp3) is 0.0769. The molecule has 170 valence electrons. The molecule has 0 atom stereocenters. The van der Waals surface area contributed by atoms with Gasteiger partial charge in [-0.05, 0) is 55.0 Å². The van der Waals surface area contributed by atoms with Gasteiger partial charge in [0.1, 0.15) is 5.70 Å². The van der Waals surface area contributed by atoms with Gasteiger partial charge in [-0.3, -0.25) is 14.4 Å². The number of hydrogen-bond acceptors (Lipinski definition) is 5. The van der Waals surface area contributed by atoms with E-state index in [0.29, 0.717) is 16.1 Å². The van der Waals surface area contributed by atoms with Crippen LogP contribution in [0.5, 0.6) is 0 Å². The van der Waals surface area contributed by atoms with Crippen LogP contribution in [0.1, 0.15) is 42.2 Å². The van der Waals surface area contributed by atoms with Crippen LogP contribution < -0.4 is 5.32 Å². The third kappa shape index (κ3) is 4.89. The summed E-state index contributed by atoms with van der Waals surface area (Å²) in [6.45, 7) is 1.30. The van der Waals surface area contributed by atoms with Crippen LogP contribution in [0.25, 0.3) is 6.08 Å². The molecule has 1 N–H and O–H groups in total. The van der Waals surface area contributed by atoms with E-state index >= 15 is 0 Å². The number of amides is 3. The number of imide groups is 1. The van der Waals surface area contributed by atoms with Crippen LogP contribution >= 0.6 is 11.6 Å². The normalized spacial score (nSPS) is 13.0. The Morgan fingerprint density at radius 1 is 0.912 bits per heavy atom. The predicted octanol–water partition coefficient (Wildman–Crippen LogP) is 4.22. The Hall–Kier alpha value is -4.23. The molecule has 1 aliphatic heterocycles. The van der Waals surface area contributed by atoms with Gasteiger partial charge in [-0.15, -0.1) is 0 Å². The average Bonchev–Trinajstić information content (AvgIpc) is 3.08. The molecule has 34 heavy (non-hydrogen) atoms. The Labute approximate surface area is 200 Å². The Kier molecular flexibility index (Phi) is 6.56. The van der Waals surface area contributed by atoms with E-state index in [1.165, 1.54) is 18.2 Å². The number of nitrogens with zero attached hydrogens (tertiary/aromatic N) is 1. The Morgan fingerprint density at radius 3 is 2.09 bits per heavy atom. The molecule has 3 aromatic rings. The minimum Gasteiger partial charge on any atom is -0.439 e. The highest BCUT2D eigenvalue weighted by atomic mass is 35.5. The lowest BCUT2D eigenvalue weighted by Gasteiger charge is -2.15. The molecule has 0 fully saturated rings. The van der Waals surface area contributed by atoms with Crippen LogP contribution in [0, 0.1) is 6.92 Å². The van der Waals surface area contributed by atoms with Crippen LogP contribution in [0.3, 0.4) is 0 Å². The van der Waals surface area contributed by atoms with Gasteiger partial charge in [0.15, 0.2) is 6.73 Å². The van der Waals surface area contributed by atoms with Crippen LogP contribution in [0.4, 0.5) is 0 Å². The molecule has 3 amide bonds. The summed E-state index contributed by atoms with van der Waals surface area (Å²) in [5.41, 5.74) is 2.24. The lowest BCUT2D eigenvalue weighted by molar-refractivity contribution is -0.141. The minimum atomic E-state index is -0.910. The molecule has 0 unspecified atom stereocenters. The third-order valence-electron chi connectivity index (χ3n) is 5.17. The van der Waals surface area contributed by atoms with Crippen molar-refractivity contribution in [3.8, 4) is 0 Å². The summed E-state index contributed by atoms with van der Waals surface area (Å²) >= 11 is 5.92. The molecular weight excluding hydrogens is 456 g/mol. The van der Waals surface area contributed by atoms with E-state index in [0.717, 1.165) is 10.5 Å². The molecule has 0 saturated carbocycles. The van der Waals surface area contributed by atoms with E-state index in [-0.39, 0.29) is 16.8 Å². The molecule has 0 aliphatic carbocycles. The maximum atomic E-state index is 12.9. The number of ether oxygens (including phenoxy) is 1. The number of carbonyl (C=O) groups excluding carboxylic acids is 4. The first kappa shape index (κ1) is 22.9. The van der Waals surface area contributed by atoms with E-state index < -0.39 is 30.4 Å². The van der Waals surface area contributed by atoms with Crippen LogP contribution in [0.2, 0.25) is 5.02 Å². The second-order valence-electron chi connectivity index (χ2n) is 7.57. The Morgan fingerprint density at radius 2 is 1.50 bits per heavy atom. The zero-order chi connectivity index (χ0) is 24.2. The molecule has 1 heterocycles. The molecule has 0 saturated heterocycles. The first-order valence-corrected chi connectivity index (χ1v) is 10.7. The monoisotopic (exact) mass is 474 g/mol. The average molecular weight is 475 g/mol. The molecule has 0 spiro atoms. The summed E-state index contributed by atoms with van der Waals surface area (Å²) in [4.78, 5) is 51.5. The van der Waals surface area contributed by atoms with Crippen molar-refractivity contribution < 1.29 is 23.9 Å². The minimum absolute atomic E-state index is 0.162. The van der Waals surface area contributed by atoms with Gasteiger partial charge in [0.05, 0.1) is 11.1 Å². The van der Waals surface area contributed by atoms with E-state index in [2.05, 4.69) is 5.32 Å². The maximum absolute atomic E-state index is 12.9. The molecule has 3 aromatic carbocycles. The number of nitrogens with one attached hydrogen (secondary N) is 1. The first-order valence-electron chi connectivity index (χ1n) is 10.3. The molecular formula is C26H19ClN2O5. The number of aryl methyl sites for hydroxylation is 1. The highest BCUT2D eigenvalue weighted by molar-refractivity contribution is 6.30. The zero-order valence-corrected chi connectivity index (χ0v) is 18.8. The van der Waals surface area contributed by atoms with E-state index in [1.807, 2.05) is 6.92 Å². The van der Waals surface area contributed by atoms with Crippen molar-refractivity contribution in [2.75, 3.05) is 6.73 Å². The zero-order valence-electron chi connectivity index (χ0n) is 18.1. The lowest BCUT2D eigenvalue weighted by atomic mass is 10.1. The van der Waals surface area contributed by atoms with Crippen LogP contribution in [-0.2, 0) is 9.53 Å². The van der Waals surface area contributed by atoms with Gasteiger partial charge in [0.2, 0.25) is 0 Å². The number of hydrogen-bond donors (Lipinski definition) is 1. The molecule has 0 bridgehead atoms. The second kappa shape index (κ2) is 9.72. The van der Waals surface area contributed by atoms with Crippen molar-refractivity contribution in [3.63, 3.8) is 0 Å².